The van der Waals surface area contributed by atoms with Gasteiger partial charge in [-0.1, -0.05) is 32.3 Å². The minimum absolute atomic E-state index is 0.0216. The molecule has 1 heterocycles. The number of hydrogen-bond acceptors (Lipinski definition) is 3. The van der Waals surface area contributed by atoms with Crippen LogP contribution in [0.3, 0.4) is 0 Å². The summed E-state index contributed by atoms with van der Waals surface area (Å²) >= 11 is 0. The van der Waals surface area contributed by atoms with Crippen molar-refractivity contribution in [3.05, 3.63) is 29.8 Å². The highest BCUT2D eigenvalue weighted by Gasteiger charge is 2.35. The van der Waals surface area contributed by atoms with E-state index >= 15 is 0 Å². The van der Waals surface area contributed by atoms with Crippen molar-refractivity contribution >= 4 is 16.7 Å². The van der Waals surface area contributed by atoms with Crippen molar-refractivity contribution in [1.29, 1.82) is 0 Å². The predicted molar refractivity (Wildman–Crippen MR) is 77.1 cm³/mol. The van der Waals surface area contributed by atoms with Crippen LogP contribution >= 0.6 is 0 Å². The highest BCUT2D eigenvalue weighted by molar-refractivity contribution is 5.89. The van der Waals surface area contributed by atoms with Gasteiger partial charge in [-0.05, 0) is 18.6 Å². The number of nitrogens with one attached hydrogen (secondary N) is 1. The first-order chi connectivity index (χ1) is 10.4. The summed E-state index contributed by atoms with van der Waals surface area (Å²) in [7, 11) is 0. The molecule has 2 aromatic rings. The van der Waals surface area contributed by atoms with Gasteiger partial charge < -0.3 is 5.32 Å². The summed E-state index contributed by atoms with van der Waals surface area (Å²) in [4.78, 5) is 6.83. The van der Waals surface area contributed by atoms with E-state index in [2.05, 4.69) is 22.2 Å². The second-order valence-corrected chi connectivity index (χ2v) is 5.02. The molecule has 2 rings (SSSR count). The standard InChI is InChI=1S/C15H17F4N3/c1-2-3-4-5-9-20-13-10-7-6-8-11(16)12(10)21-14(22-13)15(17,18)19/h6-8H,2-5,9H2,1H3,(H,20,21,22). The van der Waals surface area contributed by atoms with Gasteiger partial charge in [0.15, 0.2) is 0 Å². The van der Waals surface area contributed by atoms with Gasteiger partial charge in [-0.3, -0.25) is 0 Å². The van der Waals surface area contributed by atoms with Crippen molar-refractivity contribution in [3.63, 3.8) is 0 Å². The first-order valence-electron chi connectivity index (χ1n) is 7.21. The lowest BCUT2D eigenvalue weighted by atomic mass is 10.2. The van der Waals surface area contributed by atoms with E-state index in [0.717, 1.165) is 31.7 Å². The van der Waals surface area contributed by atoms with Gasteiger partial charge in [-0.2, -0.15) is 13.2 Å². The molecule has 1 aromatic carbocycles. The molecule has 120 valence electrons. The van der Waals surface area contributed by atoms with Crippen LogP contribution in [0.25, 0.3) is 10.9 Å². The molecule has 0 amide bonds. The van der Waals surface area contributed by atoms with Gasteiger partial charge in [0.05, 0.1) is 0 Å². The van der Waals surface area contributed by atoms with Crippen molar-refractivity contribution in [2.24, 2.45) is 0 Å². The molecule has 0 aliphatic heterocycles. The van der Waals surface area contributed by atoms with E-state index in [0.29, 0.717) is 6.54 Å². The van der Waals surface area contributed by atoms with Crippen LogP contribution in [0.2, 0.25) is 0 Å². The average Bonchev–Trinajstić information content (AvgIpc) is 2.46. The zero-order valence-electron chi connectivity index (χ0n) is 12.2. The number of benzene rings is 1. The normalized spacial score (nSPS) is 11.9. The number of anilines is 1. The predicted octanol–water partition coefficient (Wildman–Crippen LogP) is 4.78. The zero-order valence-corrected chi connectivity index (χ0v) is 12.2. The number of hydrogen-bond donors (Lipinski definition) is 1. The van der Waals surface area contributed by atoms with Crippen molar-refractivity contribution in [2.45, 2.75) is 38.8 Å². The number of nitrogens with zero attached hydrogens (tertiary/aromatic N) is 2. The number of halogens is 4. The molecule has 0 saturated carbocycles. The summed E-state index contributed by atoms with van der Waals surface area (Å²) in [5.41, 5.74) is -0.319. The summed E-state index contributed by atoms with van der Waals surface area (Å²) in [5, 5.41) is 3.12. The Bertz CT molecular complexity index is 640. The topological polar surface area (TPSA) is 37.8 Å². The van der Waals surface area contributed by atoms with Crippen LogP contribution in [0.15, 0.2) is 18.2 Å². The number of unbranched alkanes of at least 4 members (excludes halogenated alkanes) is 3. The fourth-order valence-corrected chi connectivity index (χ4v) is 2.14. The molecule has 0 aliphatic rings. The maximum atomic E-state index is 13.7. The SMILES string of the molecule is CCCCCCNc1nc(C(F)(F)F)nc2c(F)cccc12. The van der Waals surface area contributed by atoms with Gasteiger partial charge in [0.1, 0.15) is 17.2 Å². The lowest BCUT2D eigenvalue weighted by Crippen LogP contribution is -2.14. The molecule has 0 atom stereocenters. The Labute approximate surface area is 125 Å². The molecule has 22 heavy (non-hydrogen) atoms. The van der Waals surface area contributed by atoms with E-state index < -0.39 is 17.8 Å². The van der Waals surface area contributed by atoms with Crippen LogP contribution in [0.4, 0.5) is 23.4 Å². The van der Waals surface area contributed by atoms with E-state index in [1.165, 1.54) is 12.1 Å². The third-order valence-corrected chi connectivity index (χ3v) is 3.25. The summed E-state index contributed by atoms with van der Waals surface area (Å²) in [6.45, 7) is 2.56. The number of rotatable bonds is 6. The van der Waals surface area contributed by atoms with E-state index in [1.54, 1.807) is 0 Å². The number of alkyl halides is 3. The molecule has 0 bridgehead atoms. The molecule has 1 N–H and O–H groups in total. The molecule has 7 heteroatoms. The first kappa shape index (κ1) is 16.5. The number of para-hydroxylation sites is 1. The van der Waals surface area contributed by atoms with Crippen molar-refractivity contribution < 1.29 is 17.6 Å². The molecule has 0 fully saturated rings. The second-order valence-electron chi connectivity index (χ2n) is 5.02. The van der Waals surface area contributed by atoms with Gasteiger partial charge in [0, 0.05) is 11.9 Å². The van der Waals surface area contributed by atoms with E-state index in [9.17, 15) is 17.6 Å². The van der Waals surface area contributed by atoms with Crippen LogP contribution < -0.4 is 5.32 Å². The Morgan fingerprint density at radius 3 is 2.55 bits per heavy atom. The van der Waals surface area contributed by atoms with E-state index in [1.807, 2.05) is 0 Å². The van der Waals surface area contributed by atoms with Crippen molar-refractivity contribution in [2.75, 3.05) is 11.9 Å². The van der Waals surface area contributed by atoms with Crippen molar-refractivity contribution in [1.82, 2.24) is 9.97 Å². The van der Waals surface area contributed by atoms with Gasteiger partial charge >= 0.3 is 6.18 Å². The molecule has 0 saturated heterocycles. The Morgan fingerprint density at radius 2 is 1.86 bits per heavy atom. The first-order valence-corrected chi connectivity index (χ1v) is 7.21. The molecular formula is C15H17F4N3. The molecule has 0 unspecified atom stereocenters. The summed E-state index contributed by atoms with van der Waals surface area (Å²) in [6, 6.07) is 4.02. The largest absolute Gasteiger partial charge is 0.451 e. The van der Waals surface area contributed by atoms with Crippen molar-refractivity contribution in [3.8, 4) is 0 Å². The highest BCUT2D eigenvalue weighted by Crippen LogP contribution is 2.31. The van der Waals surface area contributed by atoms with Crippen LogP contribution in [-0.2, 0) is 6.18 Å². The minimum atomic E-state index is -4.71. The van der Waals surface area contributed by atoms with Gasteiger partial charge in [0.2, 0.25) is 5.82 Å². The monoisotopic (exact) mass is 315 g/mol. The highest BCUT2D eigenvalue weighted by atomic mass is 19.4. The van der Waals surface area contributed by atoms with E-state index in [-0.39, 0.29) is 16.7 Å². The Kier molecular flexibility index (Phi) is 5.15. The maximum Gasteiger partial charge on any atom is 0.451 e. The van der Waals surface area contributed by atoms with Crippen LogP contribution in [0, 0.1) is 5.82 Å². The van der Waals surface area contributed by atoms with Gasteiger partial charge in [0.25, 0.3) is 0 Å². The Balaban J connectivity index is 2.32. The number of aromatic nitrogens is 2. The van der Waals surface area contributed by atoms with Gasteiger partial charge in [-0.15, -0.1) is 0 Å². The summed E-state index contributed by atoms with van der Waals surface area (Å²) < 4.78 is 52.3. The van der Waals surface area contributed by atoms with Crippen LogP contribution in [0.5, 0.6) is 0 Å². The lowest BCUT2D eigenvalue weighted by molar-refractivity contribution is -0.144. The Morgan fingerprint density at radius 1 is 1.09 bits per heavy atom. The quantitative estimate of drug-likeness (QED) is 0.616. The third-order valence-electron chi connectivity index (χ3n) is 3.25. The fraction of sp³-hybridized carbons (Fsp3) is 0.467. The maximum absolute atomic E-state index is 13.7. The lowest BCUT2D eigenvalue weighted by Gasteiger charge is -2.12. The minimum Gasteiger partial charge on any atom is -0.369 e. The van der Waals surface area contributed by atoms with Crippen LogP contribution in [0.1, 0.15) is 38.4 Å². The molecule has 0 radical (unpaired) electrons. The second kappa shape index (κ2) is 6.89. The molecule has 3 nitrogen and oxygen atoms in total. The summed E-state index contributed by atoms with van der Waals surface area (Å²) in [6.07, 6.45) is -0.785. The molecular weight excluding hydrogens is 298 g/mol. The zero-order chi connectivity index (χ0) is 16.2. The van der Waals surface area contributed by atoms with E-state index in [4.69, 9.17) is 0 Å². The third kappa shape index (κ3) is 3.84. The molecule has 1 aromatic heterocycles. The van der Waals surface area contributed by atoms with Gasteiger partial charge in [-0.25, -0.2) is 14.4 Å². The number of fused-ring (bicyclic) bond motifs is 1. The van der Waals surface area contributed by atoms with Crippen LogP contribution in [-0.4, -0.2) is 16.5 Å². The molecule has 0 spiro atoms. The smallest absolute Gasteiger partial charge is 0.369 e. The Hall–Kier alpha value is -1.92. The molecule has 0 aliphatic carbocycles. The average molecular weight is 315 g/mol. The summed E-state index contributed by atoms with van der Waals surface area (Å²) in [5.74, 6) is -2.10. The fourth-order valence-electron chi connectivity index (χ4n) is 2.14.